The van der Waals surface area contributed by atoms with Gasteiger partial charge in [-0.05, 0) is 77.9 Å². The van der Waals surface area contributed by atoms with Gasteiger partial charge in [-0.15, -0.1) is 0 Å². The van der Waals surface area contributed by atoms with Crippen LogP contribution >= 0.6 is 0 Å². The number of hydrogen-bond acceptors (Lipinski definition) is 4. The number of fused-ring (bicyclic) bond motifs is 1. The van der Waals surface area contributed by atoms with Crippen molar-refractivity contribution in [2.24, 2.45) is 0 Å². The van der Waals surface area contributed by atoms with Crippen LogP contribution in [0.15, 0.2) is 71.1 Å². The van der Waals surface area contributed by atoms with Gasteiger partial charge in [0.1, 0.15) is 11.3 Å². The van der Waals surface area contributed by atoms with Crippen LogP contribution < -0.4 is 10.1 Å². The molecule has 0 aliphatic carbocycles. The van der Waals surface area contributed by atoms with Crippen molar-refractivity contribution in [2.75, 3.05) is 11.9 Å². The molecule has 4 rings (SSSR count). The van der Waals surface area contributed by atoms with Crippen LogP contribution in [0, 0.1) is 0 Å². The van der Waals surface area contributed by atoms with E-state index in [4.69, 9.17) is 9.15 Å². The number of amides is 1. The van der Waals surface area contributed by atoms with E-state index in [0.717, 1.165) is 23.1 Å². The summed E-state index contributed by atoms with van der Waals surface area (Å²) in [5.74, 6) is 1.98. The smallest absolute Gasteiger partial charge is 0.262 e. The molecule has 170 valence electrons. The Bertz CT molecular complexity index is 1220. The third kappa shape index (κ3) is 5.43. The van der Waals surface area contributed by atoms with Gasteiger partial charge in [-0.25, -0.2) is 4.98 Å². The van der Waals surface area contributed by atoms with Crippen molar-refractivity contribution in [3.63, 3.8) is 0 Å². The van der Waals surface area contributed by atoms with E-state index in [2.05, 4.69) is 50.1 Å². The van der Waals surface area contributed by atoms with Crippen molar-refractivity contribution in [2.45, 2.75) is 46.0 Å². The number of oxazole rings is 1. The van der Waals surface area contributed by atoms with E-state index in [0.29, 0.717) is 29.2 Å². The van der Waals surface area contributed by atoms with Crippen LogP contribution in [0.3, 0.4) is 0 Å². The summed E-state index contributed by atoms with van der Waals surface area (Å²) in [5.41, 5.74) is 5.68. The molecule has 1 atom stereocenters. The Balaban J connectivity index is 1.37. The lowest BCUT2D eigenvalue weighted by Crippen LogP contribution is -2.20. The number of carbonyl (C=O) groups excluding carboxylic acids is 1. The Morgan fingerprint density at radius 3 is 2.33 bits per heavy atom. The molecule has 33 heavy (non-hydrogen) atoms. The van der Waals surface area contributed by atoms with Gasteiger partial charge in [0.25, 0.3) is 5.91 Å². The zero-order chi connectivity index (χ0) is 23.4. The lowest BCUT2D eigenvalue weighted by Gasteiger charge is -2.09. The highest BCUT2D eigenvalue weighted by atomic mass is 16.5. The summed E-state index contributed by atoms with van der Waals surface area (Å²) in [4.78, 5) is 16.9. The summed E-state index contributed by atoms with van der Waals surface area (Å²) in [6, 6.07) is 21.5. The molecular formula is C28H30N2O3. The normalized spacial score (nSPS) is 12.2. The standard InChI is InChI=1S/C28H30N2O3/c1-5-19(4)22-10-15-26-25(16-22)30-28(33-26)21-6-11-23(12-7-21)29-27(31)17-32-24-13-8-20(9-14-24)18(2)3/h6-16,18-19H,5,17H2,1-4H3,(H,29,31)/t19-/m1/s1. The summed E-state index contributed by atoms with van der Waals surface area (Å²) in [6.45, 7) is 8.62. The molecule has 5 nitrogen and oxygen atoms in total. The van der Waals surface area contributed by atoms with Crippen LogP contribution in [0.1, 0.15) is 57.1 Å². The molecule has 0 bridgehead atoms. The molecule has 1 aromatic heterocycles. The minimum Gasteiger partial charge on any atom is -0.484 e. The molecule has 0 unspecified atom stereocenters. The second-order valence-corrected chi connectivity index (χ2v) is 8.69. The quantitative estimate of drug-likeness (QED) is 0.315. The van der Waals surface area contributed by atoms with Crippen LogP contribution in [0.5, 0.6) is 5.75 Å². The molecule has 3 aromatic carbocycles. The molecule has 0 fully saturated rings. The van der Waals surface area contributed by atoms with Crippen molar-refractivity contribution in [3.05, 3.63) is 77.9 Å². The van der Waals surface area contributed by atoms with Crippen molar-refractivity contribution < 1.29 is 13.9 Å². The number of ether oxygens (including phenoxy) is 1. The molecule has 4 aromatic rings. The molecule has 0 aliphatic heterocycles. The Morgan fingerprint density at radius 1 is 0.970 bits per heavy atom. The number of hydrogen-bond donors (Lipinski definition) is 1. The van der Waals surface area contributed by atoms with Crippen LogP contribution in [0.4, 0.5) is 5.69 Å². The van der Waals surface area contributed by atoms with E-state index >= 15 is 0 Å². The zero-order valence-corrected chi connectivity index (χ0v) is 19.6. The number of nitrogens with zero attached hydrogens (tertiary/aromatic N) is 1. The fraction of sp³-hybridized carbons (Fsp3) is 0.286. The first-order valence-corrected chi connectivity index (χ1v) is 11.5. The fourth-order valence-corrected chi connectivity index (χ4v) is 3.60. The molecule has 0 radical (unpaired) electrons. The van der Waals surface area contributed by atoms with Gasteiger partial charge in [0.05, 0.1) is 0 Å². The molecule has 1 heterocycles. The maximum absolute atomic E-state index is 12.3. The van der Waals surface area contributed by atoms with Gasteiger partial charge in [-0.1, -0.05) is 45.9 Å². The van der Waals surface area contributed by atoms with Gasteiger partial charge in [0.15, 0.2) is 12.2 Å². The van der Waals surface area contributed by atoms with Gasteiger partial charge >= 0.3 is 0 Å². The van der Waals surface area contributed by atoms with Crippen molar-refractivity contribution in [3.8, 4) is 17.2 Å². The Labute approximate surface area is 194 Å². The lowest BCUT2D eigenvalue weighted by atomic mass is 9.98. The van der Waals surface area contributed by atoms with Crippen LogP contribution in [0.25, 0.3) is 22.6 Å². The van der Waals surface area contributed by atoms with Gasteiger partial charge in [0, 0.05) is 11.3 Å². The van der Waals surface area contributed by atoms with Crippen LogP contribution in [-0.2, 0) is 4.79 Å². The van der Waals surface area contributed by atoms with Crippen molar-refractivity contribution >= 4 is 22.7 Å². The van der Waals surface area contributed by atoms with E-state index in [-0.39, 0.29) is 12.5 Å². The fourth-order valence-electron chi connectivity index (χ4n) is 3.60. The molecule has 1 N–H and O–H groups in total. The first-order chi connectivity index (χ1) is 15.9. The second-order valence-electron chi connectivity index (χ2n) is 8.69. The highest BCUT2D eigenvalue weighted by Crippen LogP contribution is 2.28. The molecule has 0 spiro atoms. The number of anilines is 1. The maximum atomic E-state index is 12.3. The molecule has 0 aliphatic rings. The molecule has 0 saturated carbocycles. The maximum Gasteiger partial charge on any atom is 0.262 e. The predicted molar refractivity (Wildman–Crippen MR) is 133 cm³/mol. The number of rotatable bonds is 8. The molecular weight excluding hydrogens is 412 g/mol. The monoisotopic (exact) mass is 442 g/mol. The minimum atomic E-state index is -0.213. The molecule has 1 amide bonds. The Hall–Kier alpha value is -3.60. The number of aromatic nitrogens is 1. The third-order valence-corrected chi connectivity index (χ3v) is 5.93. The van der Waals surface area contributed by atoms with Crippen molar-refractivity contribution in [1.29, 1.82) is 0 Å². The van der Waals surface area contributed by atoms with E-state index in [1.807, 2.05) is 54.6 Å². The van der Waals surface area contributed by atoms with E-state index in [1.54, 1.807) is 0 Å². The number of nitrogens with one attached hydrogen (secondary N) is 1. The second kappa shape index (κ2) is 9.90. The van der Waals surface area contributed by atoms with Gasteiger partial charge in [-0.3, -0.25) is 4.79 Å². The highest BCUT2D eigenvalue weighted by Gasteiger charge is 2.12. The first-order valence-electron chi connectivity index (χ1n) is 11.5. The topological polar surface area (TPSA) is 64.4 Å². The summed E-state index contributed by atoms with van der Waals surface area (Å²) >= 11 is 0. The summed E-state index contributed by atoms with van der Waals surface area (Å²) < 4.78 is 11.5. The lowest BCUT2D eigenvalue weighted by molar-refractivity contribution is -0.118. The Morgan fingerprint density at radius 2 is 1.67 bits per heavy atom. The summed E-state index contributed by atoms with van der Waals surface area (Å²) in [5, 5.41) is 2.86. The van der Waals surface area contributed by atoms with Gasteiger partial charge in [-0.2, -0.15) is 0 Å². The zero-order valence-electron chi connectivity index (χ0n) is 19.6. The van der Waals surface area contributed by atoms with Gasteiger partial charge in [0.2, 0.25) is 5.89 Å². The minimum absolute atomic E-state index is 0.0492. The highest BCUT2D eigenvalue weighted by molar-refractivity contribution is 5.92. The van der Waals surface area contributed by atoms with E-state index < -0.39 is 0 Å². The average molecular weight is 443 g/mol. The first kappa shape index (κ1) is 22.6. The largest absolute Gasteiger partial charge is 0.484 e. The third-order valence-electron chi connectivity index (χ3n) is 5.93. The van der Waals surface area contributed by atoms with E-state index in [9.17, 15) is 4.79 Å². The summed E-state index contributed by atoms with van der Waals surface area (Å²) in [6.07, 6.45) is 1.08. The van der Waals surface area contributed by atoms with Crippen LogP contribution in [0.2, 0.25) is 0 Å². The van der Waals surface area contributed by atoms with Crippen molar-refractivity contribution in [1.82, 2.24) is 4.98 Å². The number of benzene rings is 3. The van der Waals surface area contributed by atoms with E-state index in [1.165, 1.54) is 11.1 Å². The Kier molecular flexibility index (Phi) is 6.78. The van der Waals surface area contributed by atoms with Gasteiger partial charge < -0.3 is 14.5 Å². The average Bonchev–Trinajstić information content (AvgIpc) is 3.26. The molecule has 5 heteroatoms. The summed E-state index contributed by atoms with van der Waals surface area (Å²) in [7, 11) is 0. The number of carbonyl (C=O) groups is 1. The SMILES string of the molecule is CC[C@@H](C)c1ccc2oc(-c3ccc(NC(=O)COc4ccc(C(C)C)cc4)cc3)nc2c1. The molecule has 0 saturated heterocycles. The van der Waals surface area contributed by atoms with Crippen LogP contribution in [-0.4, -0.2) is 17.5 Å². The predicted octanol–water partition coefficient (Wildman–Crippen LogP) is 7.15.